The summed E-state index contributed by atoms with van der Waals surface area (Å²) < 4.78 is 63.1. The van der Waals surface area contributed by atoms with E-state index in [4.69, 9.17) is 59.4 Å². The van der Waals surface area contributed by atoms with Crippen LogP contribution >= 0.6 is 0 Å². The number of hydrogen-bond acceptors (Lipinski definition) is 20. The predicted molar refractivity (Wildman–Crippen MR) is 488 cm³/mol. The average molecular weight is 1780 g/mol. The van der Waals surface area contributed by atoms with Crippen LogP contribution in [0.4, 0.5) is 36.4 Å². The third-order valence-corrected chi connectivity index (χ3v) is 22.5. The Kier molecular flexibility index (Phi) is 29.8. The zero-order valence-corrected chi connectivity index (χ0v) is 72.3. The van der Waals surface area contributed by atoms with Gasteiger partial charge in [-0.15, -0.1) is 0 Å². The standard InChI is InChI=1S/C25H21F2N5O2.C24H26FN5O3.C24H27N5O3.C23H25N5O4/c1-14-4-2-3-5-18(14)25(34)30-13-15-6-8-16(9-7-15)22-21(24(29)33)23(28)32(31-22)17-10-11-19(26)20(27)12-17;1-14-4-2-3-5-17(14)24(32)28-12-15-6-8-16(9-7-15)21-20(23(27)31)22(26)30(29-21)19-10-11-33-13-18(19)25;1-15-5-3-4-6-19(15)24(31)27-13-16-7-9-17(10-8-16)21-20(22(25)30)23(26-2)29(28-21)18-11-12-32-14-18;1-13-4-2-3-5-16(13)23(31)26-10-14-6-8-15(9-7-14)20-19(22(25)30)21(24)28(27-20)17-11-32-12-18(17)29/h2-12H,13,28H2,1H3,(H2,29,33)(H,30,34);2-9,18-19H,10-13,26H2,1H3,(H2,27,31)(H,28,32);3-10,18,26H,11-14H2,1-2H3,(H2,25,30)(H,27,31);2-9,17-18,29H,10-12,24H2,1H3,(H2,25,30)(H,26,31). The summed E-state index contributed by atoms with van der Waals surface area (Å²) >= 11 is 0. The number of ether oxygens (including phenoxy) is 3. The van der Waals surface area contributed by atoms with Crippen molar-refractivity contribution in [3.8, 4) is 50.7 Å². The van der Waals surface area contributed by atoms with Gasteiger partial charge in [-0.25, -0.2) is 31.9 Å². The fourth-order valence-electron chi connectivity index (χ4n) is 15.3. The molecule has 676 valence electrons. The van der Waals surface area contributed by atoms with Crippen molar-refractivity contribution >= 4 is 70.5 Å². The van der Waals surface area contributed by atoms with E-state index >= 15 is 0 Å². The highest BCUT2D eigenvalue weighted by molar-refractivity contribution is 6.06. The van der Waals surface area contributed by atoms with E-state index < -0.39 is 59.6 Å². The van der Waals surface area contributed by atoms with Gasteiger partial charge in [0, 0.05) is 97.0 Å². The highest BCUT2D eigenvalue weighted by Gasteiger charge is 2.36. The van der Waals surface area contributed by atoms with Crippen LogP contribution in [0.2, 0.25) is 0 Å². The molecule has 8 amide bonds. The Morgan fingerprint density at radius 2 is 0.740 bits per heavy atom. The fourth-order valence-corrected chi connectivity index (χ4v) is 15.3. The number of anilines is 4. The minimum atomic E-state index is -1.28. The normalized spacial score (nSPS) is 15.5. The Hall–Kier alpha value is -15.6. The second-order valence-corrected chi connectivity index (χ2v) is 31.4. The SMILES string of the molecule is CNc1c(C(N)=O)c(-c2ccc(CNC(=O)c3ccccc3C)cc2)nn1C1CCOC1.Cc1ccccc1C(=O)NCc1ccc(-c2nn(-c3ccc(F)c(F)c3)c(N)c2C(N)=O)cc1.Cc1ccccc1C(=O)NCc1ccc(-c2nn(C3CCOCC3F)c(N)c2C(N)=O)cc1.Cc1ccccc1C(=O)NCc1ccc(-c2nn(C3COCC3O)c(N)c2C(N)=O)cc1. The van der Waals surface area contributed by atoms with Gasteiger partial charge in [-0.2, -0.15) is 20.4 Å². The van der Waals surface area contributed by atoms with Gasteiger partial charge in [-0.1, -0.05) is 170 Å². The summed E-state index contributed by atoms with van der Waals surface area (Å²) in [5.74, 6) is -4.84. The number of carbonyl (C=O) groups is 8. The first kappa shape index (κ1) is 93.1. The number of nitrogens with two attached hydrogens (primary N) is 7. The number of alkyl halides is 1. The maximum Gasteiger partial charge on any atom is 0.254 e. The summed E-state index contributed by atoms with van der Waals surface area (Å²) in [6.07, 6.45) is -0.837. The maximum absolute atomic E-state index is 14.4. The lowest BCUT2D eigenvalue weighted by Gasteiger charge is -2.27. The smallest absolute Gasteiger partial charge is 0.254 e. The number of nitrogens with one attached hydrogen (secondary N) is 5. The molecule has 5 unspecified atom stereocenters. The second-order valence-electron chi connectivity index (χ2n) is 31.4. The topological polar surface area (TPSA) is 498 Å². The van der Waals surface area contributed by atoms with Crippen LogP contribution in [0.25, 0.3) is 50.7 Å². The van der Waals surface area contributed by atoms with Crippen molar-refractivity contribution in [1.29, 1.82) is 0 Å². The van der Waals surface area contributed by atoms with Gasteiger partial charge in [-0.3, -0.25) is 38.4 Å². The molecule has 3 fully saturated rings. The van der Waals surface area contributed by atoms with Crippen LogP contribution in [0.15, 0.2) is 212 Å². The van der Waals surface area contributed by atoms with E-state index in [2.05, 4.69) is 41.9 Å². The molecule has 3 aliphatic rings. The number of benzene rings is 9. The summed E-state index contributed by atoms with van der Waals surface area (Å²) in [5, 5.41) is 42.8. The Morgan fingerprint density at radius 3 is 1.08 bits per heavy atom. The third-order valence-electron chi connectivity index (χ3n) is 22.5. The van der Waals surface area contributed by atoms with Crippen molar-refractivity contribution in [2.24, 2.45) is 22.9 Å². The molecular weight excluding hydrogens is 1680 g/mol. The first-order chi connectivity index (χ1) is 63.0. The molecular formula is C96H99F3N20O12. The molecule has 13 aromatic rings. The average Bonchev–Trinajstić information content (AvgIpc) is 1.64. The monoisotopic (exact) mass is 1780 g/mol. The highest BCUT2D eigenvalue weighted by atomic mass is 19.2. The van der Waals surface area contributed by atoms with Gasteiger partial charge in [0.05, 0.1) is 44.2 Å². The van der Waals surface area contributed by atoms with Gasteiger partial charge in [0.15, 0.2) is 11.6 Å². The molecule has 0 radical (unpaired) electrons. The summed E-state index contributed by atoms with van der Waals surface area (Å²) in [4.78, 5) is 98.3. The Morgan fingerprint density at radius 1 is 0.397 bits per heavy atom. The predicted octanol–water partition coefficient (Wildman–Crippen LogP) is 10.8. The van der Waals surface area contributed by atoms with Crippen molar-refractivity contribution in [1.82, 2.24) is 60.4 Å². The number of amides is 8. The molecule has 4 aromatic heterocycles. The van der Waals surface area contributed by atoms with Crippen molar-refractivity contribution in [3.05, 3.63) is 313 Å². The number of aliphatic hydroxyl groups is 1. The van der Waals surface area contributed by atoms with Crippen molar-refractivity contribution in [2.75, 3.05) is 69.2 Å². The summed E-state index contributed by atoms with van der Waals surface area (Å²) in [6, 6.07) is 60.6. The van der Waals surface area contributed by atoms with E-state index in [1.165, 1.54) is 15.4 Å². The fraction of sp³-hybridized carbons (Fsp3) is 0.229. The number of aryl methyl sites for hydroxylation is 4. The zero-order chi connectivity index (χ0) is 93.4. The van der Waals surface area contributed by atoms with Gasteiger partial charge < -0.3 is 86.0 Å². The molecule has 0 aliphatic carbocycles. The molecule has 0 saturated carbocycles. The number of aromatic nitrogens is 8. The van der Waals surface area contributed by atoms with Crippen LogP contribution in [0.3, 0.4) is 0 Å². The lowest BCUT2D eigenvalue weighted by molar-refractivity contribution is 0.000592. The molecule has 5 atom stereocenters. The lowest BCUT2D eigenvalue weighted by Crippen LogP contribution is -2.32. The van der Waals surface area contributed by atoms with Crippen molar-refractivity contribution < 1.29 is 70.8 Å². The zero-order valence-electron chi connectivity index (χ0n) is 72.3. The number of hydrogen-bond donors (Lipinski definition) is 13. The number of carbonyl (C=O) groups excluding carboxylic acids is 8. The molecule has 9 aromatic carbocycles. The van der Waals surface area contributed by atoms with Crippen molar-refractivity contribution in [3.63, 3.8) is 0 Å². The van der Waals surface area contributed by atoms with Gasteiger partial charge in [0.1, 0.15) is 86.6 Å². The number of nitrogens with zero attached hydrogens (tertiary/aromatic N) is 8. The second kappa shape index (κ2) is 41.9. The summed E-state index contributed by atoms with van der Waals surface area (Å²) in [6.45, 7) is 10.9. The van der Waals surface area contributed by atoms with Crippen LogP contribution in [0.5, 0.6) is 0 Å². The van der Waals surface area contributed by atoms with Crippen molar-refractivity contribution in [2.45, 2.75) is 97.1 Å². The van der Waals surface area contributed by atoms with E-state index in [0.717, 1.165) is 73.3 Å². The van der Waals surface area contributed by atoms with Crippen LogP contribution in [0, 0.1) is 39.3 Å². The number of aliphatic hydroxyl groups excluding tert-OH is 1. The lowest BCUT2D eigenvalue weighted by atomic mass is 10.0. The molecule has 35 heteroatoms. The van der Waals surface area contributed by atoms with E-state index in [1.54, 1.807) is 84.5 Å². The quantitative estimate of drug-likeness (QED) is 0.0253. The van der Waals surface area contributed by atoms with E-state index in [1.807, 2.05) is 149 Å². The van der Waals surface area contributed by atoms with Crippen LogP contribution < -0.4 is 66.7 Å². The summed E-state index contributed by atoms with van der Waals surface area (Å²) in [5.41, 5.74) is 55.0. The molecule has 3 saturated heterocycles. The molecule has 0 bridgehead atoms. The first-order valence-corrected chi connectivity index (χ1v) is 41.9. The van der Waals surface area contributed by atoms with Crippen LogP contribution in [-0.4, -0.2) is 150 Å². The number of rotatable bonds is 25. The van der Waals surface area contributed by atoms with E-state index in [0.29, 0.717) is 120 Å². The summed E-state index contributed by atoms with van der Waals surface area (Å²) in [7, 11) is 1.75. The van der Waals surface area contributed by atoms with Crippen LogP contribution in [0.1, 0.15) is 158 Å². The molecule has 3 aliphatic heterocycles. The minimum absolute atomic E-state index is 0.0367. The van der Waals surface area contributed by atoms with E-state index in [-0.39, 0.29) is 95.0 Å². The molecule has 32 nitrogen and oxygen atoms in total. The molecule has 7 heterocycles. The molecule has 20 N–H and O–H groups in total. The van der Waals surface area contributed by atoms with E-state index in [9.17, 15) is 56.6 Å². The minimum Gasteiger partial charge on any atom is -0.388 e. The molecule has 16 rings (SSSR count). The number of nitrogen functional groups attached to an aromatic ring is 3. The Labute approximate surface area is 751 Å². The maximum atomic E-state index is 14.4. The molecule has 131 heavy (non-hydrogen) atoms. The number of halogens is 3. The van der Waals surface area contributed by atoms with Gasteiger partial charge >= 0.3 is 0 Å². The van der Waals surface area contributed by atoms with Gasteiger partial charge in [0.25, 0.3) is 47.3 Å². The third kappa shape index (κ3) is 21.5. The first-order valence-electron chi connectivity index (χ1n) is 41.9. The Balaban J connectivity index is 0.000000149. The highest BCUT2D eigenvalue weighted by Crippen LogP contribution is 2.38. The number of primary amides is 4. The Bertz CT molecular complexity index is 6390. The molecule has 0 spiro atoms. The van der Waals surface area contributed by atoms with Gasteiger partial charge in [-0.05, 0) is 121 Å². The largest absolute Gasteiger partial charge is 0.388 e. The van der Waals surface area contributed by atoms with Crippen LogP contribution in [-0.2, 0) is 40.4 Å². The van der Waals surface area contributed by atoms with Gasteiger partial charge in [0.2, 0.25) is 0 Å².